The number of carbonyl (C=O) groups excluding carboxylic acids is 1. The number of amides is 1. The number of anilines is 1. The maximum atomic E-state index is 11.6. The van der Waals surface area contributed by atoms with Gasteiger partial charge in [0.05, 0.1) is 0 Å². The smallest absolute Gasteiger partial charge is 0.251 e. The van der Waals surface area contributed by atoms with Gasteiger partial charge in [0, 0.05) is 31.9 Å². The van der Waals surface area contributed by atoms with Crippen molar-refractivity contribution in [1.29, 1.82) is 0 Å². The molecule has 0 radical (unpaired) electrons. The predicted octanol–water partition coefficient (Wildman–Crippen LogP) is 2.06. The lowest BCUT2D eigenvalue weighted by Gasteiger charge is -2.12. The Hall–Kier alpha value is -1.77. The van der Waals surface area contributed by atoms with E-state index in [0.717, 1.165) is 12.1 Å². The monoisotopic (exact) mass is 218 g/mol. The molecule has 0 atom stereocenters. The van der Waals surface area contributed by atoms with Crippen molar-refractivity contribution in [3.05, 3.63) is 42.5 Å². The van der Waals surface area contributed by atoms with E-state index >= 15 is 0 Å². The third-order valence-corrected chi connectivity index (χ3v) is 2.28. The molecule has 1 N–H and O–H groups in total. The van der Waals surface area contributed by atoms with Gasteiger partial charge in [-0.1, -0.05) is 6.08 Å². The lowest BCUT2D eigenvalue weighted by atomic mass is 10.2. The minimum absolute atomic E-state index is 0.0350. The van der Waals surface area contributed by atoms with Gasteiger partial charge in [-0.05, 0) is 30.7 Å². The highest BCUT2D eigenvalue weighted by Gasteiger charge is 2.04. The zero-order valence-corrected chi connectivity index (χ0v) is 9.86. The van der Waals surface area contributed by atoms with Gasteiger partial charge in [-0.2, -0.15) is 0 Å². The second-order valence-corrected chi connectivity index (χ2v) is 3.77. The van der Waals surface area contributed by atoms with Crippen LogP contribution in [0.3, 0.4) is 0 Å². The van der Waals surface area contributed by atoms with Crippen LogP contribution in [0, 0.1) is 0 Å². The minimum Gasteiger partial charge on any atom is -0.378 e. The van der Waals surface area contributed by atoms with Crippen molar-refractivity contribution < 1.29 is 4.79 Å². The molecule has 0 fully saturated rings. The van der Waals surface area contributed by atoms with Crippen LogP contribution < -0.4 is 10.2 Å². The number of benzene rings is 1. The van der Waals surface area contributed by atoms with Crippen LogP contribution in [0.2, 0.25) is 0 Å². The highest BCUT2D eigenvalue weighted by molar-refractivity contribution is 5.94. The van der Waals surface area contributed by atoms with Crippen molar-refractivity contribution in [2.24, 2.45) is 0 Å². The Bertz CT molecular complexity index is 355. The van der Waals surface area contributed by atoms with Crippen molar-refractivity contribution in [3.63, 3.8) is 0 Å². The van der Waals surface area contributed by atoms with Crippen LogP contribution >= 0.6 is 0 Å². The van der Waals surface area contributed by atoms with Crippen LogP contribution in [0.15, 0.2) is 36.9 Å². The maximum Gasteiger partial charge on any atom is 0.251 e. The standard InChI is InChI=1S/C13H18N2O/c1-4-5-10-14-13(16)11-6-8-12(9-7-11)15(2)3/h4,6-9H,1,5,10H2,2-3H3,(H,14,16). The van der Waals surface area contributed by atoms with Crippen LogP contribution in [0.5, 0.6) is 0 Å². The molecule has 1 amide bonds. The molecule has 0 heterocycles. The molecule has 16 heavy (non-hydrogen) atoms. The molecular formula is C13H18N2O. The third kappa shape index (κ3) is 3.42. The second kappa shape index (κ2) is 5.95. The van der Waals surface area contributed by atoms with Gasteiger partial charge < -0.3 is 10.2 Å². The zero-order valence-electron chi connectivity index (χ0n) is 9.86. The third-order valence-electron chi connectivity index (χ3n) is 2.28. The molecule has 3 heteroatoms. The van der Waals surface area contributed by atoms with E-state index in [9.17, 15) is 4.79 Å². The summed E-state index contributed by atoms with van der Waals surface area (Å²) in [6.07, 6.45) is 2.58. The topological polar surface area (TPSA) is 32.3 Å². The van der Waals surface area contributed by atoms with Crippen molar-refractivity contribution in [2.75, 3.05) is 25.5 Å². The van der Waals surface area contributed by atoms with E-state index in [2.05, 4.69) is 11.9 Å². The quantitative estimate of drug-likeness (QED) is 0.606. The van der Waals surface area contributed by atoms with Crippen LogP contribution in [0.4, 0.5) is 5.69 Å². The number of nitrogens with one attached hydrogen (secondary N) is 1. The SMILES string of the molecule is C=CCCNC(=O)c1ccc(N(C)C)cc1. The molecule has 0 saturated heterocycles. The van der Waals surface area contributed by atoms with Crippen molar-refractivity contribution in [3.8, 4) is 0 Å². The average molecular weight is 218 g/mol. The van der Waals surface area contributed by atoms with E-state index < -0.39 is 0 Å². The van der Waals surface area contributed by atoms with E-state index in [1.54, 1.807) is 6.08 Å². The Kier molecular flexibility index (Phi) is 4.58. The molecule has 0 aliphatic carbocycles. The molecule has 0 saturated carbocycles. The number of rotatable bonds is 5. The fraction of sp³-hybridized carbons (Fsp3) is 0.308. The van der Waals surface area contributed by atoms with Crippen LogP contribution in [0.1, 0.15) is 16.8 Å². The van der Waals surface area contributed by atoms with E-state index in [1.807, 2.05) is 43.3 Å². The molecule has 0 aliphatic heterocycles. The fourth-order valence-electron chi connectivity index (χ4n) is 1.30. The summed E-state index contributed by atoms with van der Waals surface area (Å²) in [6.45, 7) is 4.24. The molecule has 86 valence electrons. The fourth-order valence-corrected chi connectivity index (χ4v) is 1.30. The largest absolute Gasteiger partial charge is 0.378 e. The Balaban J connectivity index is 2.59. The Morgan fingerprint density at radius 2 is 2.00 bits per heavy atom. The van der Waals surface area contributed by atoms with Crippen molar-refractivity contribution >= 4 is 11.6 Å². The summed E-state index contributed by atoms with van der Waals surface area (Å²) in [7, 11) is 3.94. The van der Waals surface area contributed by atoms with Crippen LogP contribution in [0.25, 0.3) is 0 Å². The first-order valence-corrected chi connectivity index (χ1v) is 5.31. The summed E-state index contributed by atoms with van der Waals surface area (Å²) in [4.78, 5) is 13.6. The summed E-state index contributed by atoms with van der Waals surface area (Å²) >= 11 is 0. The molecule has 0 aliphatic rings. The first-order chi connectivity index (χ1) is 7.65. The number of carbonyl (C=O) groups is 1. The predicted molar refractivity (Wildman–Crippen MR) is 67.9 cm³/mol. The van der Waals surface area contributed by atoms with Crippen LogP contribution in [-0.2, 0) is 0 Å². The molecule has 0 spiro atoms. The summed E-state index contributed by atoms with van der Waals surface area (Å²) in [5.41, 5.74) is 1.78. The molecule has 1 aromatic carbocycles. The van der Waals surface area contributed by atoms with Gasteiger partial charge in [0.1, 0.15) is 0 Å². The summed E-state index contributed by atoms with van der Waals surface area (Å²) in [6, 6.07) is 7.53. The molecular weight excluding hydrogens is 200 g/mol. The van der Waals surface area contributed by atoms with Gasteiger partial charge in [0.2, 0.25) is 0 Å². The normalized spacial score (nSPS) is 9.62. The summed E-state index contributed by atoms with van der Waals surface area (Å²) in [5.74, 6) is -0.0350. The maximum absolute atomic E-state index is 11.6. The Morgan fingerprint density at radius 3 is 2.50 bits per heavy atom. The van der Waals surface area contributed by atoms with Crippen molar-refractivity contribution in [1.82, 2.24) is 5.32 Å². The Labute approximate surface area is 96.8 Å². The van der Waals surface area contributed by atoms with E-state index in [4.69, 9.17) is 0 Å². The summed E-state index contributed by atoms with van der Waals surface area (Å²) < 4.78 is 0. The van der Waals surface area contributed by atoms with Gasteiger partial charge >= 0.3 is 0 Å². The Morgan fingerprint density at radius 1 is 1.38 bits per heavy atom. The van der Waals surface area contributed by atoms with Gasteiger partial charge in [0.15, 0.2) is 0 Å². The molecule has 1 rings (SSSR count). The van der Waals surface area contributed by atoms with E-state index in [1.165, 1.54) is 0 Å². The number of nitrogens with zero attached hydrogens (tertiary/aromatic N) is 1. The zero-order chi connectivity index (χ0) is 12.0. The van der Waals surface area contributed by atoms with E-state index in [-0.39, 0.29) is 5.91 Å². The molecule has 0 unspecified atom stereocenters. The minimum atomic E-state index is -0.0350. The highest BCUT2D eigenvalue weighted by Crippen LogP contribution is 2.11. The summed E-state index contributed by atoms with van der Waals surface area (Å²) in [5, 5.41) is 2.82. The van der Waals surface area contributed by atoms with Gasteiger partial charge in [-0.3, -0.25) is 4.79 Å². The molecule has 1 aromatic rings. The first kappa shape index (κ1) is 12.3. The second-order valence-electron chi connectivity index (χ2n) is 3.77. The first-order valence-electron chi connectivity index (χ1n) is 5.31. The van der Waals surface area contributed by atoms with Gasteiger partial charge in [-0.15, -0.1) is 6.58 Å². The lowest BCUT2D eigenvalue weighted by Crippen LogP contribution is -2.24. The van der Waals surface area contributed by atoms with Gasteiger partial charge in [0.25, 0.3) is 5.91 Å². The molecule has 3 nitrogen and oxygen atoms in total. The molecule has 0 bridgehead atoms. The lowest BCUT2D eigenvalue weighted by molar-refractivity contribution is 0.0954. The van der Waals surface area contributed by atoms with Crippen LogP contribution in [-0.4, -0.2) is 26.5 Å². The average Bonchev–Trinajstić information content (AvgIpc) is 2.29. The molecule has 0 aromatic heterocycles. The number of hydrogen-bond donors (Lipinski definition) is 1. The van der Waals surface area contributed by atoms with Crippen molar-refractivity contribution in [2.45, 2.75) is 6.42 Å². The highest BCUT2D eigenvalue weighted by atomic mass is 16.1. The van der Waals surface area contributed by atoms with E-state index in [0.29, 0.717) is 12.1 Å². The van der Waals surface area contributed by atoms with Gasteiger partial charge in [-0.25, -0.2) is 0 Å². The number of hydrogen-bond acceptors (Lipinski definition) is 2.